The lowest BCUT2D eigenvalue weighted by molar-refractivity contribution is 0.152. The summed E-state index contributed by atoms with van der Waals surface area (Å²) in [4.78, 5) is 2.12. The standard InChI is InChI=1S/C14H30N2O2S/c1-11(2)12-5-6-14(15)13(9-12)10-16(3)7-8-19(4,17)18/h11-14H,5-10,15H2,1-4H3. The van der Waals surface area contributed by atoms with E-state index >= 15 is 0 Å². The molecular formula is C14H30N2O2S. The second-order valence-electron chi connectivity index (χ2n) is 6.63. The molecule has 0 aromatic rings. The largest absolute Gasteiger partial charge is 0.327 e. The van der Waals surface area contributed by atoms with Crippen LogP contribution in [0.15, 0.2) is 0 Å². The Bertz CT molecular complexity index is 368. The van der Waals surface area contributed by atoms with Crippen molar-refractivity contribution in [2.24, 2.45) is 23.5 Å². The van der Waals surface area contributed by atoms with E-state index < -0.39 is 9.84 Å². The molecule has 2 N–H and O–H groups in total. The van der Waals surface area contributed by atoms with Crippen LogP contribution in [-0.2, 0) is 9.84 Å². The fourth-order valence-electron chi connectivity index (χ4n) is 2.95. The quantitative estimate of drug-likeness (QED) is 0.802. The van der Waals surface area contributed by atoms with E-state index in [4.69, 9.17) is 5.73 Å². The van der Waals surface area contributed by atoms with Crippen molar-refractivity contribution < 1.29 is 8.42 Å². The zero-order valence-corrected chi connectivity index (χ0v) is 13.6. The average Bonchev–Trinajstić information content (AvgIpc) is 2.28. The summed E-state index contributed by atoms with van der Waals surface area (Å²) in [5, 5.41) is 0. The number of hydrogen-bond acceptors (Lipinski definition) is 4. The number of nitrogens with zero attached hydrogens (tertiary/aromatic N) is 1. The SMILES string of the molecule is CC(C)C1CCC(N)C(CN(C)CCS(C)(=O)=O)C1. The lowest BCUT2D eigenvalue weighted by atomic mass is 9.74. The molecule has 0 aliphatic heterocycles. The summed E-state index contributed by atoms with van der Waals surface area (Å²) in [7, 11) is -0.874. The molecule has 0 heterocycles. The molecule has 19 heavy (non-hydrogen) atoms. The first-order valence-corrected chi connectivity index (χ1v) is 9.37. The molecule has 0 spiro atoms. The van der Waals surface area contributed by atoms with Crippen molar-refractivity contribution in [3.63, 3.8) is 0 Å². The molecule has 0 bridgehead atoms. The highest BCUT2D eigenvalue weighted by Crippen LogP contribution is 2.33. The summed E-state index contributed by atoms with van der Waals surface area (Å²) in [5.41, 5.74) is 6.23. The van der Waals surface area contributed by atoms with Gasteiger partial charge in [-0.15, -0.1) is 0 Å². The minimum absolute atomic E-state index is 0.235. The van der Waals surface area contributed by atoms with Crippen LogP contribution >= 0.6 is 0 Å². The molecule has 1 saturated carbocycles. The lowest BCUT2D eigenvalue weighted by Gasteiger charge is -2.38. The van der Waals surface area contributed by atoms with Gasteiger partial charge in [0.1, 0.15) is 9.84 Å². The van der Waals surface area contributed by atoms with E-state index in [0.29, 0.717) is 12.5 Å². The van der Waals surface area contributed by atoms with Crippen molar-refractivity contribution in [2.45, 2.75) is 39.2 Å². The van der Waals surface area contributed by atoms with Gasteiger partial charge < -0.3 is 10.6 Å². The Morgan fingerprint density at radius 2 is 1.95 bits per heavy atom. The van der Waals surface area contributed by atoms with Crippen LogP contribution in [0.25, 0.3) is 0 Å². The Morgan fingerprint density at radius 3 is 2.47 bits per heavy atom. The molecular weight excluding hydrogens is 260 g/mol. The summed E-state index contributed by atoms with van der Waals surface area (Å²) >= 11 is 0. The second-order valence-corrected chi connectivity index (χ2v) is 8.89. The van der Waals surface area contributed by atoms with E-state index in [1.165, 1.54) is 19.1 Å². The molecule has 1 fully saturated rings. The summed E-state index contributed by atoms with van der Waals surface area (Å²) in [6.07, 6.45) is 4.82. The van der Waals surface area contributed by atoms with Gasteiger partial charge in [-0.05, 0) is 44.1 Å². The van der Waals surface area contributed by atoms with Gasteiger partial charge in [-0.1, -0.05) is 13.8 Å². The van der Waals surface area contributed by atoms with Crippen LogP contribution in [0.3, 0.4) is 0 Å². The predicted octanol–water partition coefficient (Wildman–Crippen LogP) is 1.36. The third-order valence-electron chi connectivity index (χ3n) is 4.41. The Kier molecular flexibility index (Phi) is 6.27. The molecule has 1 rings (SSSR count). The van der Waals surface area contributed by atoms with Gasteiger partial charge in [0.25, 0.3) is 0 Å². The van der Waals surface area contributed by atoms with Gasteiger partial charge in [0, 0.05) is 25.4 Å². The van der Waals surface area contributed by atoms with E-state index in [2.05, 4.69) is 18.7 Å². The Balaban J connectivity index is 2.45. The van der Waals surface area contributed by atoms with Gasteiger partial charge in [0.2, 0.25) is 0 Å². The van der Waals surface area contributed by atoms with Crippen molar-refractivity contribution in [2.75, 3.05) is 32.1 Å². The molecule has 0 aromatic heterocycles. The normalized spacial score (nSPS) is 29.1. The third-order valence-corrected chi connectivity index (χ3v) is 5.34. The lowest BCUT2D eigenvalue weighted by Crippen LogP contribution is -2.43. The Hall–Kier alpha value is -0.130. The fourth-order valence-corrected chi connectivity index (χ4v) is 3.60. The number of nitrogens with two attached hydrogens (primary N) is 1. The fraction of sp³-hybridized carbons (Fsp3) is 1.00. The van der Waals surface area contributed by atoms with Crippen LogP contribution in [0.4, 0.5) is 0 Å². The molecule has 3 atom stereocenters. The summed E-state index contributed by atoms with van der Waals surface area (Å²) in [6, 6.07) is 0.274. The van der Waals surface area contributed by atoms with Gasteiger partial charge in [-0.3, -0.25) is 0 Å². The smallest absolute Gasteiger partial charge is 0.148 e. The van der Waals surface area contributed by atoms with Crippen LogP contribution in [-0.4, -0.2) is 51.5 Å². The van der Waals surface area contributed by atoms with Gasteiger partial charge >= 0.3 is 0 Å². The molecule has 0 saturated heterocycles. The zero-order valence-electron chi connectivity index (χ0n) is 12.8. The molecule has 4 nitrogen and oxygen atoms in total. The van der Waals surface area contributed by atoms with Crippen LogP contribution in [0, 0.1) is 17.8 Å². The van der Waals surface area contributed by atoms with Crippen molar-refractivity contribution in [1.82, 2.24) is 4.90 Å². The molecule has 1 aliphatic rings. The first kappa shape index (κ1) is 16.9. The van der Waals surface area contributed by atoms with E-state index in [0.717, 1.165) is 24.8 Å². The van der Waals surface area contributed by atoms with Crippen LogP contribution in [0.2, 0.25) is 0 Å². The zero-order chi connectivity index (χ0) is 14.6. The Labute approximate surface area is 118 Å². The van der Waals surface area contributed by atoms with E-state index in [9.17, 15) is 8.42 Å². The van der Waals surface area contributed by atoms with E-state index in [1.54, 1.807) is 0 Å². The summed E-state index contributed by atoms with van der Waals surface area (Å²) in [5.74, 6) is 2.23. The van der Waals surface area contributed by atoms with Crippen molar-refractivity contribution in [3.8, 4) is 0 Å². The first-order chi connectivity index (χ1) is 8.69. The second kappa shape index (κ2) is 7.04. The minimum atomic E-state index is -2.87. The monoisotopic (exact) mass is 290 g/mol. The maximum Gasteiger partial charge on any atom is 0.148 e. The molecule has 1 aliphatic carbocycles. The van der Waals surface area contributed by atoms with E-state index in [-0.39, 0.29) is 11.8 Å². The molecule has 3 unspecified atom stereocenters. The van der Waals surface area contributed by atoms with Crippen molar-refractivity contribution in [1.29, 1.82) is 0 Å². The average molecular weight is 290 g/mol. The molecule has 114 valence electrons. The van der Waals surface area contributed by atoms with E-state index in [1.807, 2.05) is 7.05 Å². The highest BCUT2D eigenvalue weighted by atomic mass is 32.2. The predicted molar refractivity (Wildman–Crippen MR) is 80.9 cm³/mol. The topological polar surface area (TPSA) is 63.4 Å². The molecule has 0 radical (unpaired) electrons. The summed E-state index contributed by atoms with van der Waals surface area (Å²) < 4.78 is 22.4. The molecule has 0 amide bonds. The van der Waals surface area contributed by atoms with Crippen molar-refractivity contribution in [3.05, 3.63) is 0 Å². The van der Waals surface area contributed by atoms with Crippen molar-refractivity contribution >= 4 is 9.84 Å². The highest BCUT2D eigenvalue weighted by Gasteiger charge is 2.30. The van der Waals surface area contributed by atoms with Gasteiger partial charge in [-0.2, -0.15) is 0 Å². The molecule has 5 heteroatoms. The minimum Gasteiger partial charge on any atom is -0.327 e. The third kappa shape index (κ3) is 6.23. The Morgan fingerprint density at radius 1 is 1.32 bits per heavy atom. The summed E-state index contributed by atoms with van der Waals surface area (Å²) in [6.45, 7) is 6.09. The van der Waals surface area contributed by atoms with Gasteiger partial charge in [0.05, 0.1) is 5.75 Å². The van der Waals surface area contributed by atoms with Gasteiger partial charge in [-0.25, -0.2) is 8.42 Å². The number of hydrogen-bond donors (Lipinski definition) is 1. The van der Waals surface area contributed by atoms with Crippen LogP contribution in [0.5, 0.6) is 0 Å². The maximum absolute atomic E-state index is 11.2. The maximum atomic E-state index is 11.2. The van der Waals surface area contributed by atoms with Crippen LogP contribution < -0.4 is 5.73 Å². The highest BCUT2D eigenvalue weighted by molar-refractivity contribution is 7.90. The number of sulfone groups is 1. The number of rotatable bonds is 6. The van der Waals surface area contributed by atoms with Crippen LogP contribution in [0.1, 0.15) is 33.1 Å². The first-order valence-electron chi connectivity index (χ1n) is 7.31. The molecule has 0 aromatic carbocycles. The van der Waals surface area contributed by atoms with Gasteiger partial charge in [0.15, 0.2) is 0 Å².